The number of hydrogen-bond acceptors (Lipinski definition) is 2. The molecular formula is C15H12INO2. The third-order valence-corrected chi connectivity index (χ3v) is 3.83. The Labute approximate surface area is 125 Å². The minimum absolute atomic E-state index is 0.0667. The topological polar surface area (TPSA) is 38.3 Å². The van der Waals surface area contributed by atoms with Crippen molar-refractivity contribution in [3.05, 3.63) is 63.2 Å². The van der Waals surface area contributed by atoms with E-state index < -0.39 is 0 Å². The molecule has 1 heterocycles. The van der Waals surface area contributed by atoms with Crippen LogP contribution in [0.5, 0.6) is 5.75 Å². The van der Waals surface area contributed by atoms with Gasteiger partial charge in [-0.15, -0.1) is 0 Å². The van der Waals surface area contributed by atoms with Crippen molar-refractivity contribution in [2.75, 3.05) is 6.61 Å². The van der Waals surface area contributed by atoms with Crippen molar-refractivity contribution in [1.29, 1.82) is 0 Å². The minimum Gasteiger partial charge on any atom is -0.491 e. The molecule has 3 nitrogen and oxygen atoms in total. The lowest BCUT2D eigenvalue weighted by Crippen LogP contribution is -2.29. The number of para-hydroxylation sites is 1. The molecule has 96 valence electrons. The number of hydrogen-bond donors (Lipinski definition) is 1. The van der Waals surface area contributed by atoms with Gasteiger partial charge in [-0.05, 0) is 52.9 Å². The third-order valence-electron chi connectivity index (χ3n) is 3.11. The summed E-state index contributed by atoms with van der Waals surface area (Å²) >= 11 is 2.22. The zero-order valence-electron chi connectivity index (χ0n) is 10.1. The van der Waals surface area contributed by atoms with E-state index in [2.05, 4.69) is 27.9 Å². The highest BCUT2D eigenvalue weighted by atomic mass is 127. The van der Waals surface area contributed by atoms with Gasteiger partial charge < -0.3 is 10.1 Å². The van der Waals surface area contributed by atoms with Gasteiger partial charge in [0.2, 0.25) is 0 Å². The Morgan fingerprint density at radius 3 is 2.68 bits per heavy atom. The van der Waals surface area contributed by atoms with E-state index in [4.69, 9.17) is 4.74 Å². The first-order valence-corrected chi connectivity index (χ1v) is 7.10. The average Bonchev–Trinajstić information content (AvgIpc) is 2.83. The SMILES string of the molecule is O=C(NC1COc2ccccc21)c1ccc(I)cc1. The fraction of sp³-hybridized carbons (Fsp3) is 0.133. The first kappa shape index (κ1) is 12.5. The molecule has 0 spiro atoms. The van der Waals surface area contributed by atoms with Crippen LogP contribution in [0.4, 0.5) is 0 Å². The molecule has 4 heteroatoms. The largest absolute Gasteiger partial charge is 0.491 e. The van der Waals surface area contributed by atoms with Gasteiger partial charge in [0, 0.05) is 14.7 Å². The molecule has 1 aliphatic rings. The van der Waals surface area contributed by atoms with Crippen molar-refractivity contribution < 1.29 is 9.53 Å². The summed E-state index contributed by atoms with van der Waals surface area (Å²) in [5, 5.41) is 3.00. The molecule has 0 bridgehead atoms. The summed E-state index contributed by atoms with van der Waals surface area (Å²) in [6, 6.07) is 15.2. The van der Waals surface area contributed by atoms with E-state index in [1.165, 1.54) is 0 Å². The Morgan fingerprint density at radius 1 is 1.16 bits per heavy atom. The number of benzene rings is 2. The van der Waals surface area contributed by atoms with Crippen molar-refractivity contribution in [3.8, 4) is 5.75 Å². The lowest BCUT2D eigenvalue weighted by atomic mass is 10.1. The van der Waals surface area contributed by atoms with Gasteiger partial charge in [-0.2, -0.15) is 0 Å². The predicted molar refractivity (Wildman–Crippen MR) is 81.3 cm³/mol. The summed E-state index contributed by atoms with van der Waals surface area (Å²) in [6.45, 7) is 0.495. The van der Waals surface area contributed by atoms with Gasteiger partial charge in [-0.1, -0.05) is 18.2 Å². The number of amides is 1. The van der Waals surface area contributed by atoms with E-state index in [1.807, 2.05) is 48.5 Å². The summed E-state index contributed by atoms with van der Waals surface area (Å²) < 4.78 is 6.67. The highest BCUT2D eigenvalue weighted by Gasteiger charge is 2.25. The predicted octanol–water partition coefficient (Wildman–Crippen LogP) is 3.15. The van der Waals surface area contributed by atoms with E-state index in [0.29, 0.717) is 12.2 Å². The molecule has 1 atom stereocenters. The molecule has 1 amide bonds. The molecule has 2 aromatic carbocycles. The van der Waals surface area contributed by atoms with Gasteiger partial charge in [-0.3, -0.25) is 4.79 Å². The summed E-state index contributed by atoms with van der Waals surface area (Å²) in [5.41, 5.74) is 1.71. The normalized spacial score (nSPS) is 16.6. The zero-order valence-corrected chi connectivity index (χ0v) is 12.3. The van der Waals surface area contributed by atoms with E-state index in [0.717, 1.165) is 14.9 Å². The molecule has 0 radical (unpaired) electrons. The van der Waals surface area contributed by atoms with Crippen LogP contribution in [0.3, 0.4) is 0 Å². The van der Waals surface area contributed by atoms with E-state index in [1.54, 1.807) is 0 Å². The Hall–Kier alpha value is -1.56. The van der Waals surface area contributed by atoms with Crippen LogP contribution in [0.15, 0.2) is 48.5 Å². The van der Waals surface area contributed by atoms with Crippen LogP contribution < -0.4 is 10.1 Å². The van der Waals surface area contributed by atoms with Gasteiger partial charge in [0.1, 0.15) is 12.4 Å². The lowest BCUT2D eigenvalue weighted by Gasteiger charge is -2.11. The minimum atomic E-state index is -0.0679. The maximum Gasteiger partial charge on any atom is 0.251 e. The van der Waals surface area contributed by atoms with Crippen molar-refractivity contribution in [2.24, 2.45) is 0 Å². The third kappa shape index (κ3) is 2.58. The second kappa shape index (κ2) is 5.21. The number of carbonyl (C=O) groups is 1. The monoisotopic (exact) mass is 365 g/mol. The quantitative estimate of drug-likeness (QED) is 0.831. The fourth-order valence-electron chi connectivity index (χ4n) is 2.13. The molecule has 3 rings (SSSR count). The molecule has 0 saturated carbocycles. The number of halogens is 1. The molecule has 0 fully saturated rings. The number of fused-ring (bicyclic) bond motifs is 1. The molecule has 1 N–H and O–H groups in total. The zero-order chi connectivity index (χ0) is 13.2. The van der Waals surface area contributed by atoms with E-state index in [-0.39, 0.29) is 11.9 Å². The van der Waals surface area contributed by atoms with Crippen LogP contribution in [0.2, 0.25) is 0 Å². The summed E-state index contributed by atoms with van der Waals surface area (Å²) in [5.74, 6) is 0.789. The second-order valence-electron chi connectivity index (χ2n) is 4.38. The number of rotatable bonds is 2. The summed E-state index contributed by atoms with van der Waals surface area (Å²) in [4.78, 5) is 12.2. The maximum atomic E-state index is 12.2. The van der Waals surface area contributed by atoms with E-state index in [9.17, 15) is 4.79 Å². The Bertz CT molecular complexity index is 610. The van der Waals surface area contributed by atoms with E-state index >= 15 is 0 Å². The molecule has 0 aromatic heterocycles. The van der Waals surface area contributed by atoms with Crippen LogP contribution >= 0.6 is 22.6 Å². The first-order valence-electron chi connectivity index (χ1n) is 6.02. The van der Waals surface area contributed by atoms with Gasteiger partial charge in [0.15, 0.2) is 0 Å². The van der Waals surface area contributed by atoms with Crippen molar-refractivity contribution in [2.45, 2.75) is 6.04 Å². The standard InChI is InChI=1S/C15H12INO2/c16-11-7-5-10(6-8-11)15(18)17-13-9-19-14-4-2-1-3-12(13)14/h1-8,13H,9H2,(H,17,18). The molecular weight excluding hydrogens is 353 g/mol. The van der Waals surface area contributed by atoms with Crippen LogP contribution in [-0.4, -0.2) is 12.5 Å². The van der Waals surface area contributed by atoms with Crippen LogP contribution in [0, 0.1) is 3.57 Å². The van der Waals surface area contributed by atoms with Crippen molar-refractivity contribution >= 4 is 28.5 Å². The Balaban J connectivity index is 1.76. The smallest absolute Gasteiger partial charge is 0.251 e. The molecule has 1 unspecified atom stereocenters. The molecule has 2 aromatic rings. The average molecular weight is 365 g/mol. The summed E-state index contributed by atoms with van der Waals surface area (Å²) in [7, 11) is 0. The Morgan fingerprint density at radius 2 is 1.89 bits per heavy atom. The number of carbonyl (C=O) groups excluding carboxylic acids is 1. The van der Waals surface area contributed by atoms with Crippen LogP contribution in [-0.2, 0) is 0 Å². The van der Waals surface area contributed by atoms with Crippen molar-refractivity contribution in [3.63, 3.8) is 0 Å². The second-order valence-corrected chi connectivity index (χ2v) is 5.63. The maximum absolute atomic E-state index is 12.2. The molecule has 0 aliphatic carbocycles. The highest BCUT2D eigenvalue weighted by Crippen LogP contribution is 2.31. The van der Waals surface area contributed by atoms with Gasteiger partial charge in [-0.25, -0.2) is 0 Å². The molecule has 0 saturated heterocycles. The Kier molecular flexibility index (Phi) is 3.42. The van der Waals surface area contributed by atoms with Gasteiger partial charge in [0.25, 0.3) is 5.91 Å². The van der Waals surface area contributed by atoms with Crippen LogP contribution in [0.25, 0.3) is 0 Å². The van der Waals surface area contributed by atoms with Gasteiger partial charge in [0.05, 0.1) is 6.04 Å². The van der Waals surface area contributed by atoms with Crippen LogP contribution in [0.1, 0.15) is 22.0 Å². The van der Waals surface area contributed by atoms with Gasteiger partial charge >= 0.3 is 0 Å². The fourth-order valence-corrected chi connectivity index (χ4v) is 2.48. The molecule has 1 aliphatic heterocycles. The number of nitrogens with one attached hydrogen (secondary N) is 1. The number of ether oxygens (including phenoxy) is 1. The van der Waals surface area contributed by atoms with Crippen molar-refractivity contribution in [1.82, 2.24) is 5.32 Å². The first-order chi connectivity index (χ1) is 9.24. The highest BCUT2D eigenvalue weighted by molar-refractivity contribution is 14.1. The summed E-state index contributed by atoms with van der Waals surface area (Å²) in [6.07, 6.45) is 0. The molecule has 19 heavy (non-hydrogen) atoms. The lowest BCUT2D eigenvalue weighted by molar-refractivity contribution is 0.0930.